The molecule has 9 heteroatoms. The molecule has 0 spiro atoms. The van der Waals surface area contributed by atoms with E-state index in [-0.39, 0.29) is 18.1 Å². The van der Waals surface area contributed by atoms with Crippen molar-refractivity contribution in [3.63, 3.8) is 0 Å². The lowest BCUT2D eigenvalue weighted by Gasteiger charge is -2.10. The normalized spacial score (nSPS) is 10.6. The number of hydrogen-bond donors (Lipinski definition) is 2. The Bertz CT molecular complexity index is 1010. The smallest absolute Gasteiger partial charge is 0.232 e. The van der Waals surface area contributed by atoms with E-state index in [4.69, 9.17) is 17.3 Å². The molecule has 2 aromatic carbocycles. The maximum atomic E-state index is 12.5. The summed E-state index contributed by atoms with van der Waals surface area (Å²) >= 11 is 7.28. The molecular formula is C19H18ClN5O2S. The van der Waals surface area contributed by atoms with E-state index in [9.17, 15) is 9.59 Å². The number of carbonyl (C=O) groups excluding carboxylic acids is 2. The molecule has 0 aliphatic rings. The summed E-state index contributed by atoms with van der Waals surface area (Å²) in [5.41, 5.74) is 7.56. The number of primary amides is 1. The van der Waals surface area contributed by atoms with Gasteiger partial charge >= 0.3 is 0 Å². The number of hydrogen-bond acceptors (Lipinski definition) is 5. The topological polar surface area (TPSA) is 103 Å². The zero-order valence-corrected chi connectivity index (χ0v) is 16.6. The minimum absolute atomic E-state index is 0.00449. The first-order valence-electron chi connectivity index (χ1n) is 8.41. The lowest BCUT2D eigenvalue weighted by atomic mass is 10.2. The van der Waals surface area contributed by atoms with Crippen LogP contribution >= 0.6 is 23.4 Å². The molecule has 0 aliphatic heterocycles. The summed E-state index contributed by atoms with van der Waals surface area (Å²) in [5, 5.41) is 12.1. The third-order valence-electron chi connectivity index (χ3n) is 3.83. The third-order valence-corrected chi connectivity index (χ3v) is 5.19. The van der Waals surface area contributed by atoms with Crippen molar-refractivity contribution in [3.05, 3.63) is 64.9 Å². The van der Waals surface area contributed by atoms with Crippen LogP contribution in [0.15, 0.2) is 53.7 Å². The second-order valence-corrected chi connectivity index (χ2v) is 7.36. The van der Waals surface area contributed by atoms with Gasteiger partial charge in [-0.15, -0.1) is 10.2 Å². The standard InChI is InChI=1S/C19H18ClN5O2S/c1-12-7-8-13(9-15(12)20)22-18(27)10-17-23-24-19(28-11-16(21)26)25(17)14-5-3-2-4-6-14/h2-9H,10-11H2,1H3,(H2,21,26)(H,22,27). The summed E-state index contributed by atoms with van der Waals surface area (Å²) in [5.74, 6) is -0.188. The number of aromatic nitrogens is 3. The van der Waals surface area contributed by atoms with Gasteiger partial charge in [-0.3, -0.25) is 14.2 Å². The average molecular weight is 416 g/mol. The van der Waals surface area contributed by atoms with Gasteiger partial charge in [-0.05, 0) is 36.8 Å². The summed E-state index contributed by atoms with van der Waals surface area (Å²) < 4.78 is 1.75. The lowest BCUT2D eigenvalue weighted by molar-refractivity contribution is -0.116. The highest BCUT2D eigenvalue weighted by molar-refractivity contribution is 7.99. The first-order valence-corrected chi connectivity index (χ1v) is 9.77. The van der Waals surface area contributed by atoms with E-state index in [2.05, 4.69) is 15.5 Å². The fraction of sp³-hybridized carbons (Fsp3) is 0.158. The van der Waals surface area contributed by atoms with Gasteiger partial charge in [0.2, 0.25) is 11.8 Å². The Morgan fingerprint density at radius 3 is 2.61 bits per heavy atom. The van der Waals surface area contributed by atoms with Crippen molar-refractivity contribution in [3.8, 4) is 5.69 Å². The molecular weight excluding hydrogens is 398 g/mol. The number of nitrogens with two attached hydrogens (primary N) is 1. The largest absolute Gasteiger partial charge is 0.369 e. The van der Waals surface area contributed by atoms with E-state index >= 15 is 0 Å². The van der Waals surface area contributed by atoms with Gasteiger partial charge in [-0.25, -0.2) is 0 Å². The number of nitrogens with zero attached hydrogens (tertiary/aromatic N) is 3. The number of rotatable bonds is 7. The fourth-order valence-electron chi connectivity index (χ4n) is 2.50. The molecule has 3 rings (SSSR count). The quantitative estimate of drug-likeness (QED) is 0.577. The van der Waals surface area contributed by atoms with Crippen LogP contribution < -0.4 is 11.1 Å². The van der Waals surface area contributed by atoms with Gasteiger partial charge in [-0.2, -0.15) is 0 Å². The first kappa shape index (κ1) is 19.9. The van der Waals surface area contributed by atoms with E-state index in [1.54, 1.807) is 16.7 Å². The van der Waals surface area contributed by atoms with Gasteiger partial charge in [0, 0.05) is 16.4 Å². The van der Waals surface area contributed by atoms with Gasteiger partial charge in [0.25, 0.3) is 0 Å². The Morgan fingerprint density at radius 2 is 1.93 bits per heavy atom. The molecule has 2 amide bonds. The number of amides is 2. The zero-order valence-electron chi connectivity index (χ0n) is 15.1. The third kappa shape index (κ3) is 4.90. The predicted molar refractivity (Wildman–Crippen MR) is 110 cm³/mol. The molecule has 1 heterocycles. The fourth-order valence-corrected chi connectivity index (χ4v) is 3.39. The molecule has 1 aromatic heterocycles. The van der Waals surface area contributed by atoms with Crippen LogP contribution in [0, 0.1) is 6.92 Å². The number of carbonyl (C=O) groups is 2. The monoisotopic (exact) mass is 415 g/mol. The van der Waals surface area contributed by atoms with Gasteiger partial charge in [0.05, 0.1) is 12.2 Å². The maximum Gasteiger partial charge on any atom is 0.232 e. The van der Waals surface area contributed by atoms with E-state index in [1.807, 2.05) is 43.3 Å². The van der Waals surface area contributed by atoms with Crippen LogP contribution in [0.3, 0.4) is 0 Å². The second kappa shape index (κ2) is 8.90. The van der Waals surface area contributed by atoms with E-state index < -0.39 is 5.91 Å². The number of para-hydroxylation sites is 1. The number of benzene rings is 2. The highest BCUT2D eigenvalue weighted by Gasteiger charge is 2.18. The van der Waals surface area contributed by atoms with Crippen molar-refractivity contribution in [2.75, 3.05) is 11.1 Å². The minimum Gasteiger partial charge on any atom is -0.369 e. The molecule has 0 unspecified atom stereocenters. The van der Waals surface area contributed by atoms with Crippen LogP contribution in [0.5, 0.6) is 0 Å². The number of thioether (sulfide) groups is 1. The summed E-state index contributed by atoms with van der Waals surface area (Å²) in [6, 6.07) is 14.7. The van der Waals surface area contributed by atoms with E-state index in [0.29, 0.717) is 21.7 Å². The summed E-state index contributed by atoms with van der Waals surface area (Å²) in [6.45, 7) is 1.89. The van der Waals surface area contributed by atoms with Crippen molar-refractivity contribution < 1.29 is 9.59 Å². The molecule has 28 heavy (non-hydrogen) atoms. The highest BCUT2D eigenvalue weighted by atomic mass is 35.5. The Balaban J connectivity index is 1.83. The van der Waals surface area contributed by atoms with Crippen molar-refractivity contribution in [1.29, 1.82) is 0 Å². The number of halogens is 1. The predicted octanol–water partition coefficient (Wildman–Crippen LogP) is 2.99. The number of nitrogens with one attached hydrogen (secondary N) is 1. The molecule has 3 N–H and O–H groups in total. The Morgan fingerprint density at radius 1 is 1.18 bits per heavy atom. The van der Waals surface area contributed by atoms with Crippen LogP contribution in [-0.4, -0.2) is 32.3 Å². The van der Waals surface area contributed by atoms with Gasteiger partial charge in [-0.1, -0.05) is 47.6 Å². The lowest BCUT2D eigenvalue weighted by Crippen LogP contribution is -2.18. The summed E-state index contributed by atoms with van der Waals surface area (Å²) in [6.07, 6.45) is 0.00449. The van der Waals surface area contributed by atoms with Gasteiger partial charge in [0.1, 0.15) is 5.82 Å². The Hall–Kier alpha value is -2.84. The molecule has 0 saturated heterocycles. The molecule has 0 saturated carbocycles. The molecule has 0 atom stereocenters. The van der Waals surface area contributed by atoms with Crippen LogP contribution in [-0.2, 0) is 16.0 Å². The molecule has 0 fully saturated rings. The van der Waals surface area contributed by atoms with E-state index in [0.717, 1.165) is 11.3 Å². The van der Waals surface area contributed by atoms with Crippen molar-refractivity contribution in [2.24, 2.45) is 5.73 Å². The van der Waals surface area contributed by atoms with Crippen LogP contribution in [0.2, 0.25) is 5.02 Å². The van der Waals surface area contributed by atoms with Crippen molar-refractivity contribution in [1.82, 2.24) is 14.8 Å². The SMILES string of the molecule is Cc1ccc(NC(=O)Cc2nnc(SCC(N)=O)n2-c2ccccc2)cc1Cl. The molecule has 0 aliphatic carbocycles. The van der Waals surface area contributed by atoms with Gasteiger partial charge in [0.15, 0.2) is 5.16 Å². The van der Waals surface area contributed by atoms with Crippen molar-refractivity contribution in [2.45, 2.75) is 18.5 Å². The van der Waals surface area contributed by atoms with Crippen molar-refractivity contribution >= 4 is 40.9 Å². The number of aryl methyl sites for hydroxylation is 1. The molecule has 0 bridgehead atoms. The molecule has 7 nitrogen and oxygen atoms in total. The van der Waals surface area contributed by atoms with E-state index in [1.165, 1.54) is 11.8 Å². The van der Waals surface area contributed by atoms with Crippen LogP contribution in [0.25, 0.3) is 5.69 Å². The Kier molecular flexibility index (Phi) is 6.33. The molecule has 3 aromatic rings. The van der Waals surface area contributed by atoms with Crippen LogP contribution in [0.1, 0.15) is 11.4 Å². The average Bonchev–Trinajstić information content (AvgIpc) is 3.06. The maximum absolute atomic E-state index is 12.5. The molecule has 144 valence electrons. The van der Waals surface area contributed by atoms with Crippen LogP contribution in [0.4, 0.5) is 5.69 Å². The zero-order chi connectivity index (χ0) is 20.1. The molecule has 0 radical (unpaired) electrons. The number of anilines is 1. The first-order chi connectivity index (χ1) is 13.4. The second-order valence-electron chi connectivity index (χ2n) is 6.01. The summed E-state index contributed by atoms with van der Waals surface area (Å²) in [7, 11) is 0. The Labute approximate surface area is 171 Å². The minimum atomic E-state index is -0.455. The highest BCUT2D eigenvalue weighted by Crippen LogP contribution is 2.23. The summed E-state index contributed by atoms with van der Waals surface area (Å²) in [4.78, 5) is 23.6. The van der Waals surface area contributed by atoms with Gasteiger partial charge < -0.3 is 11.1 Å².